The number of halogens is 1. The van der Waals surface area contributed by atoms with Gasteiger partial charge < -0.3 is 29.2 Å². The van der Waals surface area contributed by atoms with Crippen molar-refractivity contribution < 1.29 is 33.3 Å². The van der Waals surface area contributed by atoms with Gasteiger partial charge in [0.15, 0.2) is 17.5 Å². The van der Waals surface area contributed by atoms with Gasteiger partial charge in [0.05, 0.1) is 42.4 Å². The number of nitrogens with one attached hydrogen (secondary N) is 1. The lowest BCUT2D eigenvalue weighted by Crippen LogP contribution is -2.66. The molecule has 4 aliphatic rings. The van der Waals surface area contributed by atoms with Gasteiger partial charge >= 0.3 is 12.2 Å². The Kier molecular flexibility index (Phi) is 7.57. The summed E-state index contributed by atoms with van der Waals surface area (Å²) in [5, 5.41) is 8.81. The molecule has 3 fully saturated rings. The molecule has 0 bridgehead atoms. The van der Waals surface area contributed by atoms with Crippen LogP contribution >= 0.6 is 11.6 Å². The highest BCUT2D eigenvalue weighted by molar-refractivity contribution is 6.35. The van der Waals surface area contributed by atoms with E-state index in [1.165, 1.54) is 11.0 Å². The van der Waals surface area contributed by atoms with E-state index in [4.69, 9.17) is 30.5 Å². The van der Waals surface area contributed by atoms with Crippen LogP contribution in [0.4, 0.5) is 32.7 Å². The van der Waals surface area contributed by atoms with Crippen LogP contribution in [0.25, 0.3) is 10.9 Å². The molecule has 14 nitrogen and oxygen atoms in total. The Morgan fingerprint density at radius 1 is 0.962 bits per heavy atom. The number of fused-ring (bicyclic) bond motifs is 3. The van der Waals surface area contributed by atoms with Crippen LogP contribution in [0.15, 0.2) is 42.7 Å². The number of imide groups is 1. The first kappa shape index (κ1) is 34.2. The van der Waals surface area contributed by atoms with Gasteiger partial charge in [-0.25, -0.2) is 24.5 Å². The van der Waals surface area contributed by atoms with E-state index in [2.05, 4.69) is 25.3 Å². The molecule has 2 atom stereocenters. The summed E-state index contributed by atoms with van der Waals surface area (Å²) in [5.41, 5.74) is -0.0858. The third-order valence-electron chi connectivity index (χ3n) is 9.90. The summed E-state index contributed by atoms with van der Waals surface area (Å²) in [6, 6.07) is 10.8. The smallest absolute Gasteiger partial charge is 0.435 e. The molecule has 4 aromatic rings. The second-order valence-electron chi connectivity index (χ2n) is 16.1. The summed E-state index contributed by atoms with van der Waals surface area (Å²) >= 11 is 6.85. The minimum Gasteiger partial charge on any atom is -0.497 e. The molecule has 2 amide bonds. The molecule has 3 aliphatic heterocycles. The molecule has 1 aliphatic carbocycles. The van der Waals surface area contributed by atoms with Crippen molar-refractivity contribution in [3.05, 3.63) is 58.9 Å². The number of nitrogens with zero attached hydrogens (tertiary/aromatic N) is 6. The molecule has 2 aromatic heterocycles. The minimum absolute atomic E-state index is 0.160. The number of hydrogen-bond donors (Lipinski definition) is 1. The van der Waals surface area contributed by atoms with E-state index in [1.54, 1.807) is 60.8 Å². The molecular formula is C37H40ClN7O7. The van der Waals surface area contributed by atoms with Crippen molar-refractivity contribution in [3.8, 4) is 5.75 Å². The fraction of sp³-hybridized carbons (Fsp3) is 0.459. The molecule has 2 saturated heterocycles. The first-order chi connectivity index (χ1) is 24.5. The number of aromatic nitrogens is 4. The molecule has 1 unspecified atom stereocenters. The fourth-order valence-electron chi connectivity index (χ4n) is 7.46. The van der Waals surface area contributed by atoms with Crippen LogP contribution in [0.5, 0.6) is 5.75 Å². The third-order valence-corrected chi connectivity index (χ3v) is 10.2. The van der Waals surface area contributed by atoms with Crippen LogP contribution in [0.1, 0.15) is 65.0 Å². The average Bonchev–Trinajstić information content (AvgIpc) is 3.61. The Morgan fingerprint density at radius 2 is 1.67 bits per heavy atom. The van der Waals surface area contributed by atoms with Crippen LogP contribution < -0.4 is 19.9 Å². The number of carbonyl (C=O) groups excluding carboxylic acids is 3. The van der Waals surface area contributed by atoms with Crippen LogP contribution in [0.2, 0.25) is 5.02 Å². The van der Waals surface area contributed by atoms with Crippen LogP contribution in [0.3, 0.4) is 0 Å². The Labute approximate surface area is 305 Å². The molecule has 5 heterocycles. The molecule has 2 spiro atoms. The Balaban J connectivity index is 1.16. The lowest BCUT2D eigenvalue weighted by Gasteiger charge is -2.55. The van der Waals surface area contributed by atoms with Gasteiger partial charge in [-0.05, 0) is 89.4 Å². The molecule has 1 N–H and O–H groups in total. The van der Waals surface area contributed by atoms with Crippen LogP contribution in [-0.4, -0.2) is 82.5 Å². The van der Waals surface area contributed by atoms with Gasteiger partial charge in [-0.1, -0.05) is 17.7 Å². The molecule has 15 heteroatoms. The first-order valence-corrected chi connectivity index (χ1v) is 17.5. The highest BCUT2D eigenvalue weighted by Gasteiger charge is 2.68. The average molecular weight is 730 g/mol. The molecule has 272 valence electrons. The fourth-order valence-corrected chi connectivity index (χ4v) is 7.72. The standard InChI is InChI=1S/C37H40ClN7O7/c1-34(2,3)51-32(47)44-25-11-9-21(49-7)13-23(25)37(31(44)46)14-24(37)20-8-10-22-26(12-20)45(33(48)52-35(4,5)6)42-28(22)41-29-27(38)30(40-19-39-29)43-15-36(16-43)17-50-18-36/h8-13,19,24H,14-18H2,1-7H3,(H,39,40,41,42)/t24?,37-/m0/s1. The summed E-state index contributed by atoms with van der Waals surface area (Å²) in [7, 11) is 1.55. The number of anilines is 4. The quantitative estimate of drug-likeness (QED) is 0.237. The number of rotatable bonds is 5. The Bertz CT molecular complexity index is 2160. The zero-order valence-electron chi connectivity index (χ0n) is 30.1. The maximum atomic E-state index is 14.3. The van der Waals surface area contributed by atoms with Crippen LogP contribution in [0, 0.1) is 5.41 Å². The summed E-state index contributed by atoms with van der Waals surface area (Å²) in [6.45, 7) is 13.6. The summed E-state index contributed by atoms with van der Waals surface area (Å²) in [5.74, 6) is 1.15. The third kappa shape index (κ3) is 5.50. The van der Waals surface area contributed by atoms with E-state index in [0.717, 1.165) is 36.8 Å². The number of ether oxygens (including phenoxy) is 4. The van der Waals surface area contributed by atoms with Crippen LogP contribution in [-0.2, 0) is 24.4 Å². The lowest BCUT2D eigenvalue weighted by atomic mass is 9.78. The molecule has 2 aromatic carbocycles. The monoisotopic (exact) mass is 729 g/mol. The van der Waals surface area contributed by atoms with Gasteiger partial charge in [0.2, 0.25) is 5.91 Å². The topological polar surface area (TPSA) is 150 Å². The molecule has 0 radical (unpaired) electrons. The van der Waals surface area contributed by atoms with E-state index >= 15 is 0 Å². The predicted molar refractivity (Wildman–Crippen MR) is 193 cm³/mol. The maximum absolute atomic E-state index is 14.3. The SMILES string of the molecule is COc1ccc2c(c1)[C@]1(CC1c1ccc3c(Nc4ncnc(N5CC6(COC6)C5)c4Cl)nn(C(=O)OC(C)(C)C)c3c1)C(=O)N2C(=O)OC(C)(C)C. The van der Waals surface area contributed by atoms with Crippen molar-refractivity contribution in [2.75, 3.05) is 48.5 Å². The largest absolute Gasteiger partial charge is 0.497 e. The zero-order valence-corrected chi connectivity index (χ0v) is 30.8. The highest BCUT2D eigenvalue weighted by Crippen LogP contribution is 2.67. The van der Waals surface area contributed by atoms with Gasteiger partial charge in [0.25, 0.3) is 0 Å². The van der Waals surface area contributed by atoms with Gasteiger partial charge in [0.1, 0.15) is 28.3 Å². The van der Waals surface area contributed by atoms with Crippen molar-refractivity contribution in [1.82, 2.24) is 19.7 Å². The van der Waals surface area contributed by atoms with Crippen molar-refractivity contribution >= 4 is 63.7 Å². The van der Waals surface area contributed by atoms with Crippen molar-refractivity contribution in [1.29, 1.82) is 0 Å². The highest BCUT2D eigenvalue weighted by atomic mass is 35.5. The number of benzene rings is 2. The maximum Gasteiger partial charge on any atom is 0.435 e. The normalized spacial score (nSPS) is 21.5. The first-order valence-electron chi connectivity index (χ1n) is 17.1. The summed E-state index contributed by atoms with van der Waals surface area (Å²) in [4.78, 5) is 53.4. The Morgan fingerprint density at radius 3 is 2.33 bits per heavy atom. The minimum atomic E-state index is -1.03. The zero-order chi connectivity index (χ0) is 37.0. The molecule has 1 saturated carbocycles. The summed E-state index contributed by atoms with van der Waals surface area (Å²) in [6.07, 6.45) is 0.457. The number of carbonyl (C=O) groups is 3. The lowest BCUT2D eigenvalue weighted by molar-refractivity contribution is -0.127. The van der Waals surface area contributed by atoms with E-state index in [-0.39, 0.29) is 17.2 Å². The number of amides is 2. The van der Waals surface area contributed by atoms with Crippen molar-refractivity contribution in [2.45, 2.75) is 70.5 Å². The van der Waals surface area contributed by atoms with E-state index in [1.807, 2.05) is 24.3 Å². The second kappa shape index (κ2) is 11.5. The Hall–Kier alpha value is -4.95. The van der Waals surface area contributed by atoms with E-state index < -0.39 is 28.8 Å². The van der Waals surface area contributed by atoms with Gasteiger partial charge in [-0.3, -0.25) is 4.79 Å². The molecule has 52 heavy (non-hydrogen) atoms. The molecule has 8 rings (SSSR count). The number of hydrogen-bond acceptors (Lipinski definition) is 12. The van der Waals surface area contributed by atoms with E-state index in [9.17, 15) is 14.4 Å². The van der Waals surface area contributed by atoms with Crippen molar-refractivity contribution in [3.63, 3.8) is 0 Å². The van der Waals surface area contributed by atoms with Gasteiger partial charge in [0, 0.05) is 24.4 Å². The second-order valence-corrected chi connectivity index (χ2v) is 16.5. The molecular weight excluding hydrogens is 690 g/mol. The predicted octanol–water partition coefficient (Wildman–Crippen LogP) is 6.56. The van der Waals surface area contributed by atoms with Gasteiger partial charge in [-0.2, -0.15) is 4.68 Å². The van der Waals surface area contributed by atoms with Crippen molar-refractivity contribution in [2.24, 2.45) is 5.41 Å². The summed E-state index contributed by atoms with van der Waals surface area (Å²) < 4.78 is 23.5. The van der Waals surface area contributed by atoms with E-state index in [0.29, 0.717) is 56.8 Å². The van der Waals surface area contributed by atoms with Gasteiger partial charge in [-0.15, -0.1) is 5.10 Å². The number of methoxy groups -OCH3 is 1.